The number of carbonyl (C=O) groups is 3. The minimum atomic E-state index is -0.742. The van der Waals surface area contributed by atoms with Crippen LogP contribution in [-0.2, 0) is 14.3 Å². The van der Waals surface area contributed by atoms with Gasteiger partial charge in [-0.2, -0.15) is 0 Å². The summed E-state index contributed by atoms with van der Waals surface area (Å²) in [5.74, 6) is -1.19. The third kappa shape index (κ3) is 4.59. The average Bonchev–Trinajstić information content (AvgIpc) is 3.08. The third-order valence-electron chi connectivity index (χ3n) is 4.02. The first kappa shape index (κ1) is 19.2. The molecule has 0 saturated carbocycles. The van der Waals surface area contributed by atoms with E-state index < -0.39 is 18.5 Å². The van der Waals surface area contributed by atoms with Crippen LogP contribution >= 0.6 is 23.2 Å². The first-order valence-corrected chi connectivity index (χ1v) is 9.02. The normalized spacial score (nSPS) is 13.6. The molecular weight excluding hydrogens is 391 g/mol. The maximum Gasteiger partial charge on any atom is 0.340 e. The number of esters is 1. The summed E-state index contributed by atoms with van der Waals surface area (Å²) in [7, 11) is 0. The van der Waals surface area contributed by atoms with E-state index in [2.05, 4.69) is 5.32 Å². The molecule has 0 aliphatic carbocycles. The zero-order chi connectivity index (χ0) is 19.4. The van der Waals surface area contributed by atoms with E-state index >= 15 is 0 Å². The van der Waals surface area contributed by atoms with Gasteiger partial charge in [0.25, 0.3) is 5.91 Å². The predicted molar refractivity (Wildman–Crippen MR) is 103 cm³/mol. The highest BCUT2D eigenvalue weighted by molar-refractivity contribution is 6.43. The van der Waals surface area contributed by atoms with Gasteiger partial charge in [-0.3, -0.25) is 9.59 Å². The Labute approximate surface area is 166 Å². The summed E-state index contributed by atoms with van der Waals surface area (Å²) in [5.41, 5.74) is 1.32. The van der Waals surface area contributed by atoms with Crippen LogP contribution in [0, 0.1) is 0 Å². The standard InChI is InChI=1S/C19H16Cl2N2O4/c20-15-7-2-6-14(18(15)21)19(26)27-11-16(24)22-12-4-1-5-13(10-12)23-9-3-8-17(23)25/h1-2,4-7,10H,3,8-9,11H2,(H,22,24). The molecule has 1 N–H and O–H groups in total. The van der Waals surface area contributed by atoms with Gasteiger partial charge in [-0.1, -0.05) is 35.3 Å². The molecule has 0 atom stereocenters. The molecule has 1 fully saturated rings. The third-order valence-corrected chi connectivity index (χ3v) is 4.84. The lowest BCUT2D eigenvalue weighted by atomic mass is 10.2. The van der Waals surface area contributed by atoms with Crippen LogP contribution < -0.4 is 10.2 Å². The topological polar surface area (TPSA) is 75.7 Å². The fourth-order valence-corrected chi connectivity index (χ4v) is 3.12. The first-order valence-electron chi connectivity index (χ1n) is 8.27. The number of benzene rings is 2. The lowest BCUT2D eigenvalue weighted by Crippen LogP contribution is -2.24. The fourth-order valence-electron chi connectivity index (χ4n) is 2.74. The molecule has 1 saturated heterocycles. The van der Waals surface area contributed by atoms with E-state index in [1.54, 1.807) is 41.3 Å². The van der Waals surface area contributed by atoms with Gasteiger partial charge in [-0.05, 0) is 36.8 Å². The number of halogens is 2. The van der Waals surface area contributed by atoms with E-state index in [1.807, 2.05) is 0 Å². The molecule has 0 unspecified atom stereocenters. The van der Waals surface area contributed by atoms with E-state index in [0.717, 1.165) is 12.1 Å². The van der Waals surface area contributed by atoms with Crippen molar-refractivity contribution in [2.24, 2.45) is 0 Å². The van der Waals surface area contributed by atoms with Crippen LogP contribution in [0.3, 0.4) is 0 Å². The van der Waals surface area contributed by atoms with Crippen LogP contribution in [0.15, 0.2) is 42.5 Å². The molecule has 1 aliphatic rings. The van der Waals surface area contributed by atoms with Crippen LogP contribution in [0.1, 0.15) is 23.2 Å². The van der Waals surface area contributed by atoms with Crippen molar-refractivity contribution in [1.29, 1.82) is 0 Å². The fraction of sp³-hybridized carbons (Fsp3) is 0.211. The number of amides is 2. The van der Waals surface area contributed by atoms with E-state index in [9.17, 15) is 14.4 Å². The van der Waals surface area contributed by atoms with Gasteiger partial charge in [0.2, 0.25) is 5.91 Å². The van der Waals surface area contributed by atoms with Gasteiger partial charge in [0.1, 0.15) is 0 Å². The molecule has 1 heterocycles. The summed E-state index contributed by atoms with van der Waals surface area (Å²) in [5, 5.41) is 2.94. The summed E-state index contributed by atoms with van der Waals surface area (Å²) in [6.07, 6.45) is 1.34. The molecule has 0 spiro atoms. The highest BCUT2D eigenvalue weighted by atomic mass is 35.5. The largest absolute Gasteiger partial charge is 0.452 e. The number of nitrogens with one attached hydrogen (secondary N) is 1. The summed E-state index contributed by atoms with van der Waals surface area (Å²) in [6.45, 7) is 0.183. The van der Waals surface area contributed by atoms with Crippen molar-refractivity contribution in [1.82, 2.24) is 0 Å². The van der Waals surface area contributed by atoms with E-state index in [0.29, 0.717) is 18.7 Å². The van der Waals surface area contributed by atoms with Crippen LogP contribution in [0.2, 0.25) is 10.0 Å². The monoisotopic (exact) mass is 406 g/mol. The Morgan fingerprint density at radius 2 is 1.93 bits per heavy atom. The molecule has 3 rings (SSSR count). The molecule has 0 radical (unpaired) electrons. The van der Waals surface area contributed by atoms with E-state index in [1.165, 1.54) is 6.07 Å². The molecule has 2 amide bonds. The Morgan fingerprint density at radius 1 is 1.15 bits per heavy atom. The SMILES string of the molecule is O=C(COC(=O)c1cccc(Cl)c1Cl)Nc1cccc(N2CCCC2=O)c1. The van der Waals surface area contributed by atoms with E-state index in [-0.39, 0.29) is 21.5 Å². The Balaban J connectivity index is 1.59. The van der Waals surface area contributed by atoms with Crippen molar-refractivity contribution in [3.05, 3.63) is 58.1 Å². The lowest BCUT2D eigenvalue weighted by Gasteiger charge is -2.16. The van der Waals surface area contributed by atoms with Crippen molar-refractivity contribution in [3.8, 4) is 0 Å². The van der Waals surface area contributed by atoms with Crippen molar-refractivity contribution >= 4 is 52.4 Å². The molecule has 8 heteroatoms. The van der Waals surface area contributed by atoms with Gasteiger partial charge in [0.05, 0.1) is 15.6 Å². The van der Waals surface area contributed by atoms with Crippen molar-refractivity contribution in [2.75, 3.05) is 23.4 Å². The number of nitrogens with zero attached hydrogens (tertiary/aromatic N) is 1. The average molecular weight is 407 g/mol. The van der Waals surface area contributed by atoms with Crippen LogP contribution in [-0.4, -0.2) is 30.9 Å². The van der Waals surface area contributed by atoms with Crippen molar-refractivity contribution < 1.29 is 19.1 Å². The second-order valence-corrected chi connectivity index (χ2v) is 6.71. The maximum atomic E-state index is 12.1. The first-order chi connectivity index (χ1) is 13.0. The second-order valence-electron chi connectivity index (χ2n) is 5.92. The number of anilines is 2. The van der Waals surface area contributed by atoms with Gasteiger partial charge >= 0.3 is 5.97 Å². The number of hydrogen-bond acceptors (Lipinski definition) is 4. The lowest BCUT2D eigenvalue weighted by molar-refractivity contribution is -0.119. The highest BCUT2D eigenvalue weighted by Gasteiger charge is 2.22. The Kier molecular flexibility index (Phi) is 5.98. The molecule has 0 aromatic heterocycles. The highest BCUT2D eigenvalue weighted by Crippen LogP contribution is 2.26. The predicted octanol–water partition coefficient (Wildman–Crippen LogP) is 3.92. The second kappa shape index (κ2) is 8.41. The Morgan fingerprint density at radius 3 is 2.67 bits per heavy atom. The molecule has 2 aromatic carbocycles. The summed E-state index contributed by atoms with van der Waals surface area (Å²) < 4.78 is 4.99. The van der Waals surface area contributed by atoms with Gasteiger partial charge in [0, 0.05) is 24.3 Å². The van der Waals surface area contributed by atoms with Crippen LogP contribution in [0.5, 0.6) is 0 Å². The van der Waals surface area contributed by atoms with Gasteiger partial charge in [-0.15, -0.1) is 0 Å². The van der Waals surface area contributed by atoms with E-state index in [4.69, 9.17) is 27.9 Å². The number of hydrogen-bond donors (Lipinski definition) is 1. The molecule has 6 nitrogen and oxygen atoms in total. The molecule has 27 heavy (non-hydrogen) atoms. The molecule has 0 bridgehead atoms. The zero-order valence-corrected chi connectivity index (χ0v) is 15.7. The molecular formula is C19H16Cl2N2O4. The quantitative estimate of drug-likeness (QED) is 0.763. The Bertz CT molecular complexity index is 901. The van der Waals surface area contributed by atoms with Crippen molar-refractivity contribution in [2.45, 2.75) is 12.8 Å². The summed E-state index contributed by atoms with van der Waals surface area (Å²) >= 11 is 11.8. The molecule has 1 aliphatic heterocycles. The number of ether oxygens (including phenoxy) is 1. The van der Waals surface area contributed by atoms with Gasteiger partial charge < -0.3 is 15.0 Å². The van der Waals surface area contributed by atoms with Crippen molar-refractivity contribution in [3.63, 3.8) is 0 Å². The zero-order valence-electron chi connectivity index (χ0n) is 14.2. The smallest absolute Gasteiger partial charge is 0.340 e. The molecule has 2 aromatic rings. The number of carbonyl (C=O) groups excluding carboxylic acids is 3. The number of rotatable bonds is 5. The Hall–Kier alpha value is -2.57. The summed E-state index contributed by atoms with van der Waals surface area (Å²) in [4.78, 5) is 37.6. The van der Waals surface area contributed by atoms with Crippen LogP contribution in [0.25, 0.3) is 0 Å². The van der Waals surface area contributed by atoms with Crippen LogP contribution in [0.4, 0.5) is 11.4 Å². The van der Waals surface area contributed by atoms with Gasteiger partial charge in [0.15, 0.2) is 6.61 Å². The molecule has 140 valence electrons. The summed E-state index contributed by atoms with van der Waals surface area (Å²) in [6, 6.07) is 11.5. The minimum absolute atomic E-state index is 0.0609. The maximum absolute atomic E-state index is 12.1. The minimum Gasteiger partial charge on any atom is -0.452 e. The van der Waals surface area contributed by atoms with Gasteiger partial charge in [-0.25, -0.2) is 4.79 Å².